The summed E-state index contributed by atoms with van der Waals surface area (Å²) in [5.41, 5.74) is 0. The fraction of sp³-hybridized carbons (Fsp3) is 0.429. The molecule has 0 saturated carbocycles. The first-order valence-corrected chi connectivity index (χ1v) is 3.40. The van der Waals surface area contributed by atoms with Crippen LogP contribution >= 0.6 is 0 Å². The van der Waals surface area contributed by atoms with Crippen LogP contribution in [0.1, 0.15) is 13.3 Å². The van der Waals surface area contributed by atoms with Gasteiger partial charge < -0.3 is 5.11 Å². The minimum Gasteiger partial charge on any atom is -0.373 e. The van der Waals surface area contributed by atoms with Gasteiger partial charge in [0.05, 0.1) is 0 Å². The van der Waals surface area contributed by atoms with Crippen molar-refractivity contribution < 1.29 is 14.7 Å². The molecule has 1 heterocycles. The molecule has 0 bridgehead atoms. The molecule has 1 rings (SSSR count). The lowest BCUT2D eigenvalue weighted by Gasteiger charge is -2.18. The van der Waals surface area contributed by atoms with Crippen molar-refractivity contribution in [3.8, 4) is 0 Å². The first-order valence-electron chi connectivity index (χ1n) is 3.40. The van der Waals surface area contributed by atoms with Gasteiger partial charge in [0.25, 0.3) is 11.8 Å². The molecular weight excluding hydrogens is 146 g/mol. The zero-order valence-electron chi connectivity index (χ0n) is 6.15. The fourth-order valence-electron chi connectivity index (χ4n) is 0.888. The van der Waals surface area contributed by atoms with Gasteiger partial charge in [0.2, 0.25) is 0 Å². The summed E-state index contributed by atoms with van der Waals surface area (Å²) in [5, 5.41) is 9.14. The van der Waals surface area contributed by atoms with Gasteiger partial charge in [-0.25, -0.2) is 4.90 Å². The van der Waals surface area contributed by atoms with Crippen molar-refractivity contribution in [2.45, 2.75) is 19.6 Å². The molecule has 0 fully saturated rings. The Balaban J connectivity index is 2.73. The van der Waals surface area contributed by atoms with Gasteiger partial charge in [-0.15, -0.1) is 0 Å². The zero-order chi connectivity index (χ0) is 8.43. The molecule has 0 aromatic carbocycles. The summed E-state index contributed by atoms with van der Waals surface area (Å²) in [4.78, 5) is 22.5. The number of aliphatic hydroxyl groups excluding tert-OH is 1. The number of nitrogens with zero attached hydrogens (tertiary/aromatic N) is 1. The average molecular weight is 155 g/mol. The number of carbonyl (C=O) groups is 2. The van der Waals surface area contributed by atoms with Crippen LogP contribution in [0.5, 0.6) is 0 Å². The first kappa shape index (κ1) is 7.94. The van der Waals surface area contributed by atoms with Gasteiger partial charge in [0.1, 0.15) is 6.23 Å². The number of amides is 2. The summed E-state index contributed by atoms with van der Waals surface area (Å²) in [6, 6.07) is 0. The summed E-state index contributed by atoms with van der Waals surface area (Å²) >= 11 is 0. The van der Waals surface area contributed by atoms with Crippen LogP contribution < -0.4 is 0 Å². The smallest absolute Gasteiger partial charge is 0.255 e. The standard InChI is InChI=1S/C7H9NO3/c1-2-5(9)8-6(10)3-4-7(8)11/h3-5,9H,2H2,1H3. The molecule has 1 unspecified atom stereocenters. The molecule has 1 atom stereocenters. The first-order chi connectivity index (χ1) is 5.16. The van der Waals surface area contributed by atoms with E-state index in [1.54, 1.807) is 6.92 Å². The van der Waals surface area contributed by atoms with Gasteiger partial charge in [0.15, 0.2) is 0 Å². The molecule has 1 N–H and O–H groups in total. The van der Waals surface area contributed by atoms with Crippen molar-refractivity contribution >= 4 is 11.8 Å². The summed E-state index contributed by atoms with van der Waals surface area (Å²) in [6.45, 7) is 1.70. The highest BCUT2D eigenvalue weighted by Crippen LogP contribution is 2.08. The lowest BCUT2D eigenvalue weighted by atomic mass is 10.4. The number of hydrogen-bond donors (Lipinski definition) is 1. The van der Waals surface area contributed by atoms with E-state index in [-0.39, 0.29) is 0 Å². The Labute approximate surface area is 64.1 Å². The molecule has 11 heavy (non-hydrogen) atoms. The summed E-state index contributed by atoms with van der Waals surface area (Å²) in [6.07, 6.45) is 1.69. The van der Waals surface area contributed by atoms with E-state index in [1.807, 2.05) is 0 Å². The highest BCUT2D eigenvalue weighted by Gasteiger charge is 2.28. The Morgan fingerprint density at radius 1 is 1.45 bits per heavy atom. The van der Waals surface area contributed by atoms with Gasteiger partial charge in [-0.3, -0.25) is 9.59 Å². The maximum Gasteiger partial charge on any atom is 0.255 e. The van der Waals surface area contributed by atoms with Crippen LogP contribution in [-0.2, 0) is 9.59 Å². The van der Waals surface area contributed by atoms with Crippen LogP contribution in [0, 0.1) is 0 Å². The van der Waals surface area contributed by atoms with Crippen LogP contribution in [0.4, 0.5) is 0 Å². The highest BCUT2D eigenvalue weighted by atomic mass is 16.3. The van der Waals surface area contributed by atoms with Gasteiger partial charge in [-0.2, -0.15) is 0 Å². The Hall–Kier alpha value is -1.16. The lowest BCUT2D eigenvalue weighted by Crippen LogP contribution is -2.39. The quantitative estimate of drug-likeness (QED) is 0.554. The fourth-order valence-corrected chi connectivity index (χ4v) is 0.888. The highest BCUT2D eigenvalue weighted by molar-refractivity contribution is 6.13. The van der Waals surface area contributed by atoms with Crippen LogP contribution in [0.3, 0.4) is 0 Å². The molecule has 4 heteroatoms. The normalized spacial score (nSPS) is 19.6. The van der Waals surface area contributed by atoms with Crippen LogP contribution in [-0.4, -0.2) is 28.0 Å². The SMILES string of the molecule is CCC(O)N1C(=O)C=CC1=O. The second kappa shape index (κ2) is 2.84. The van der Waals surface area contributed by atoms with Crippen molar-refractivity contribution in [1.29, 1.82) is 0 Å². The third-order valence-electron chi connectivity index (χ3n) is 1.51. The van der Waals surface area contributed by atoms with E-state index in [9.17, 15) is 9.59 Å². The monoisotopic (exact) mass is 155 g/mol. The Morgan fingerprint density at radius 2 is 1.91 bits per heavy atom. The molecule has 0 aromatic heterocycles. The van der Waals surface area contributed by atoms with E-state index < -0.39 is 18.0 Å². The van der Waals surface area contributed by atoms with Crippen molar-refractivity contribution in [2.24, 2.45) is 0 Å². The molecule has 2 amide bonds. The van der Waals surface area contributed by atoms with E-state index >= 15 is 0 Å². The molecule has 60 valence electrons. The second-order valence-electron chi connectivity index (χ2n) is 2.27. The maximum atomic E-state index is 10.8. The topological polar surface area (TPSA) is 57.6 Å². The third-order valence-corrected chi connectivity index (χ3v) is 1.51. The number of carbonyl (C=O) groups excluding carboxylic acids is 2. The summed E-state index contributed by atoms with van der Waals surface area (Å²) in [5.74, 6) is -0.881. The lowest BCUT2D eigenvalue weighted by molar-refractivity contribution is -0.147. The van der Waals surface area contributed by atoms with E-state index in [2.05, 4.69) is 0 Å². The van der Waals surface area contributed by atoms with Gasteiger partial charge >= 0.3 is 0 Å². The Bertz CT molecular complexity index is 204. The van der Waals surface area contributed by atoms with Crippen LogP contribution in [0.15, 0.2) is 12.2 Å². The molecule has 0 radical (unpaired) electrons. The van der Waals surface area contributed by atoms with E-state index in [0.29, 0.717) is 6.42 Å². The van der Waals surface area contributed by atoms with E-state index in [1.165, 1.54) is 0 Å². The van der Waals surface area contributed by atoms with Crippen molar-refractivity contribution in [3.63, 3.8) is 0 Å². The molecule has 0 saturated heterocycles. The molecule has 4 nitrogen and oxygen atoms in total. The summed E-state index contributed by atoms with van der Waals surface area (Å²) < 4.78 is 0. The number of aliphatic hydroxyl groups is 1. The molecule has 0 aromatic rings. The van der Waals surface area contributed by atoms with Crippen molar-refractivity contribution in [2.75, 3.05) is 0 Å². The number of hydrogen-bond acceptors (Lipinski definition) is 3. The minimum absolute atomic E-state index is 0.360. The van der Waals surface area contributed by atoms with Crippen LogP contribution in [0.25, 0.3) is 0 Å². The zero-order valence-corrected chi connectivity index (χ0v) is 6.15. The summed E-state index contributed by atoms with van der Waals surface area (Å²) in [7, 11) is 0. The van der Waals surface area contributed by atoms with E-state index in [4.69, 9.17) is 5.11 Å². The molecule has 0 spiro atoms. The minimum atomic E-state index is -0.981. The second-order valence-corrected chi connectivity index (χ2v) is 2.27. The van der Waals surface area contributed by atoms with Crippen LogP contribution in [0.2, 0.25) is 0 Å². The van der Waals surface area contributed by atoms with Gasteiger partial charge in [-0.1, -0.05) is 6.92 Å². The Morgan fingerprint density at radius 3 is 2.27 bits per heavy atom. The third kappa shape index (κ3) is 1.30. The molecule has 1 aliphatic heterocycles. The van der Waals surface area contributed by atoms with Gasteiger partial charge in [-0.05, 0) is 6.42 Å². The number of imide groups is 1. The predicted molar refractivity (Wildman–Crippen MR) is 37.3 cm³/mol. The molecule has 0 aliphatic carbocycles. The van der Waals surface area contributed by atoms with Crippen molar-refractivity contribution in [3.05, 3.63) is 12.2 Å². The maximum absolute atomic E-state index is 10.8. The van der Waals surface area contributed by atoms with Gasteiger partial charge in [0, 0.05) is 12.2 Å². The molecule has 1 aliphatic rings. The predicted octanol–water partition coefficient (Wildman–Crippen LogP) is -0.360. The van der Waals surface area contributed by atoms with E-state index in [0.717, 1.165) is 17.1 Å². The van der Waals surface area contributed by atoms with Crippen molar-refractivity contribution in [1.82, 2.24) is 4.90 Å². The Kier molecular flexibility index (Phi) is 2.05. The molecular formula is C7H9NO3. The average Bonchev–Trinajstić information content (AvgIpc) is 2.30. The largest absolute Gasteiger partial charge is 0.373 e. The number of rotatable bonds is 2.